The van der Waals surface area contributed by atoms with Gasteiger partial charge in [-0.2, -0.15) is 0 Å². The van der Waals surface area contributed by atoms with E-state index in [0.717, 1.165) is 0 Å². The molecule has 1 unspecified atom stereocenters. The van der Waals surface area contributed by atoms with E-state index >= 15 is 0 Å². The van der Waals surface area contributed by atoms with Gasteiger partial charge in [-0.25, -0.2) is 4.79 Å². The fourth-order valence-corrected chi connectivity index (χ4v) is 0.882. The van der Waals surface area contributed by atoms with Crippen LogP contribution in [0.5, 0.6) is 0 Å². The lowest BCUT2D eigenvalue weighted by Crippen LogP contribution is -2.25. The molecule has 1 aliphatic rings. The van der Waals surface area contributed by atoms with Gasteiger partial charge < -0.3 is 9.47 Å². The van der Waals surface area contributed by atoms with Crippen molar-refractivity contribution >= 4 is 6.16 Å². The Morgan fingerprint density at radius 1 is 1.75 bits per heavy atom. The van der Waals surface area contributed by atoms with Crippen molar-refractivity contribution in [1.29, 1.82) is 0 Å². The molecule has 1 heterocycles. The van der Waals surface area contributed by atoms with Gasteiger partial charge in [0.25, 0.3) is 0 Å². The highest BCUT2D eigenvalue weighted by Gasteiger charge is 2.23. The topological polar surface area (TPSA) is 35.5 Å². The molecule has 1 rings (SSSR count). The van der Waals surface area contributed by atoms with Crippen molar-refractivity contribution in [2.45, 2.75) is 18.9 Å². The largest absolute Gasteiger partial charge is 0.513 e. The van der Waals surface area contributed by atoms with Crippen LogP contribution in [0.2, 0.25) is 0 Å². The Hall–Kier alpha value is -1.50. The molecule has 0 radical (unpaired) electrons. The van der Waals surface area contributed by atoms with Crippen LogP contribution >= 0.6 is 0 Å². The Morgan fingerprint density at radius 3 is 3.08 bits per heavy atom. The van der Waals surface area contributed by atoms with Gasteiger partial charge in [0.05, 0.1) is 0 Å². The molecule has 1 saturated heterocycles. The SMILES string of the molecule is C=C1CC(CC#CF)OC(=O)O1. The zero-order valence-electron chi connectivity index (χ0n) is 6.30. The first-order chi connectivity index (χ1) is 5.72. The van der Waals surface area contributed by atoms with Crippen LogP contribution in [0.15, 0.2) is 12.3 Å². The molecule has 12 heavy (non-hydrogen) atoms. The van der Waals surface area contributed by atoms with Crippen LogP contribution in [0.25, 0.3) is 0 Å². The summed E-state index contributed by atoms with van der Waals surface area (Å²) in [4.78, 5) is 10.6. The Kier molecular flexibility index (Phi) is 2.70. The van der Waals surface area contributed by atoms with E-state index in [2.05, 4.69) is 22.0 Å². The summed E-state index contributed by atoms with van der Waals surface area (Å²) in [5, 5.41) is 0. The fraction of sp³-hybridized carbons (Fsp3) is 0.375. The highest BCUT2D eigenvalue weighted by Crippen LogP contribution is 2.18. The minimum atomic E-state index is -0.795. The van der Waals surface area contributed by atoms with E-state index in [1.807, 2.05) is 0 Å². The summed E-state index contributed by atoms with van der Waals surface area (Å²) in [5.74, 6) is 2.50. The van der Waals surface area contributed by atoms with Crippen molar-refractivity contribution in [3.8, 4) is 12.1 Å². The number of rotatable bonds is 1. The predicted molar refractivity (Wildman–Crippen MR) is 38.6 cm³/mol. The molecular weight excluding hydrogens is 163 g/mol. The lowest BCUT2D eigenvalue weighted by Gasteiger charge is -2.21. The number of hydrogen-bond acceptors (Lipinski definition) is 3. The first-order valence-electron chi connectivity index (χ1n) is 3.37. The Balaban J connectivity index is 2.47. The second-order valence-electron chi connectivity index (χ2n) is 2.31. The third-order valence-corrected chi connectivity index (χ3v) is 1.34. The van der Waals surface area contributed by atoms with Crippen LogP contribution in [0.4, 0.5) is 9.18 Å². The second-order valence-corrected chi connectivity index (χ2v) is 2.31. The van der Waals surface area contributed by atoms with Crippen LogP contribution in [-0.4, -0.2) is 12.3 Å². The number of carbonyl (C=O) groups is 1. The quantitative estimate of drug-likeness (QED) is 0.444. The van der Waals surface area contributed by atoms with Crippen molar-refractivity contribution in [3.05, 3.63) is 12.3 Å². The van der Waals surface area contributed by atoms with E-state index in [9.17, 15) is 9.18 Å². The average Bonchev–Trinajstić information content (AvgIpc) is 1.99. The number of halogens is 1. The summed E-state index contributed by atoms with van der Waals surface area (Å²) in [6, 6.07) is 0. The number of hydrogen-bond donors (Lipinski definition) is 0. The molecule has 1 fully saturated rings. The molecule has 0 saturated carbocycles. The third kappa shape index (κ3) is 2.27. The molecule has 0 spiro atoms. The maximum Gasteiger partial charge on any atom is 0.513 e. The minimum Gasteiger partial charge on any atom is -0.429 e. The fourth-order valence-electron chi connectivity index (χ4n) is 0.882. The first-order valence-corrected chi connectivity index (χ1v) is 3.37. The molecule has 64 valence electrons. The van der Waals surface area contributed by atoms with E-state index < -0.39 is 12.3 Å². The van der Waals surface area contributed by atoms with Gasteiger partial charge in [-0.05, 0) is 0 Å². The van der Waals surface area contributed by atoms with E-state index in [0.29, 0.717) is 12.2 Å². The van der Waals surface area contributed by atoms with Crippen LogP contribution < -0.4 is 0 Å². The summed E-state index contributed by atoms with van der Waals surface area (Å²) in [6.07, 6.45) is 0.556. The van der Waals surface area contributed by atoms with Crippen molar-refractivity contribution in [2.75, 3.05) is 0 Å². The summed E-state index contributed by atoms with van der Waals surface area (Å²) >= 11 is 0. The lowest BCUT2D eigenvalue weighted by atomic mass is 10.1. The van der Waals surface area contributed by atoms with Gasteiger partial charge in [-0.1, -0.05) is 12.5 Å². The Morgan fingerprint density at radius 2 is 2.50 bits per heavy atom. The molecule has 1 aliphatic heterocycles. The third-order valence-electron chi connectivity index (χ3n) is 1.34. The molecule has 0 aromatic rings. The molecule has 0 aliphatic carbocycles. The number of cyclic esters (lactones) is 2. The zero-order valence-corrected chi connectivity index (χ0v) is 6.30. The van der Waals surface area contributed by atoms with E-state index in [1.165, 1.54) is 6.17 Å². The highest BCUT2D eigenvalue weighted by atomic mass is 19.1. The minimum absolute atomic E-state index is 0.171. The highest BCUT2D eigenvalue weighted by molar-refractivity contribution is 5.62. The standard InChI is InChI=1S/C8H7FO3/c1-6-5-7(3-2-4-9)12-8(10)11-6/h7H,1,3,5H2. The van der Waals surface area contributed by atoms with Crippen molar-refractivity contribution in [1.82, 2.24) is 0 Å². The van der Waals surface area contributed by atoms with Gasteiger partial charge in [0.1, 0.15) is 18.0 Å². The molecule has 0 aromatic heterocycles. The van der Waals surface area contributed by atoms with Crippen LogP contribution in [0, 0.1) is 12.1 Å². The summed E-state index contributed by atoms with van der Waals surface area (Å²) in [5.41, 5.74) is 0. The molecule has 0 N–H and O–H groups in total. The second kappa shape index (κ2) is 3.77. The molecule has 0 aromatic carbocycles. The molecule has 0 amide bonds. The van der Waals surface area contributed by atoms with Crippen molar-refractivity contribution in [3.63, 3.8) is 0 Å². The molecule has 1 atom stereocenters. The van der Waals surface area contributed by atoms with Gasteiger partial charge in [0, 0.05) is 12.8 Å². The summed E-state index contributed by atoms with van der Waals surface area (Å²) in [7, 11) is 0. The molecule has 4 heteroatoms. The molecule has 3 nitrogen and oxygen atoms in total. The van der Waals surface area contributed by atoms with Crippen molar-refractivity contribution < 1.29 is 18.7 Å². The summed E-state index contributed by atoms with van der Waals surface area (Å²) < 4.78 is 20.6. The van der Waals surface area contributed by atoms with E-state index in [4.69, 9.17) is 0 Å². The first kappa shape index (κ1) is 8.60. The van der Waals surface area contributed by atoms with Crippen molar-refractivity contribution in [2.24, 2.45) is 0 Å². The zero-order chi connectivity index (χ0) is 8.97. The normalized spacial score (nSPS) is 21.9. The van der Waals surface area contributed by atoms with Gasteiger partial charge in [0.2, 0.25) is 0 Å². The summed E-state index contributed by atoms with van der Waals surface area (Å²) in [6.45, 7) is 3.46. The van der Waals surface area contributed by atoms with E-state index in [1.54, 1.807) is 0 Å². The van der Waals surface area contributed by atoms with Gasteiger partial charge in [-0.15, -0.1) is 4.39 Å². The molecule has 0 bridgehead atoms. The van der Waals surface area contributed by atoms with Crippen LogP contribution in [0.1, 0.15) is 12.8 Å². The smallest absolute Gasteiger partial charge is 0.429 e. The van der Waals surface area contributed by atoms with Crippen LogP contribution in [0.3, 0.4) is 0 Å². The Labute approximate surface area is 69.2 Å². The number of carbonyl (C=O) groups excluding carboxylic acids is 1. The lowest BCUT2D eigenvalue weighted by molar-refractivity contribution is 0.00826. The predicted octanol–water partition coefficient (Wildman–Crippen LogP) is 1.75. The maximum absolute atomic E-state index is 11.4. The van der Waals surface area contributed by atoms with Gasteiger partial charge in [-0.3, -0.25) is 0 Å². The molecular formula is C8H7FO3. The Bertz CT molecular complexity index is 245. The number of ether oxygens (including phenoxy) is 2. The van der Waals surface area contributed by atoms with Gasteiger partial charge in [0.15, 0.2) is 0 Å². The monoisotopic (exact) mass is 170 g/mol. The van der Waals surface area contributed by atoms with E-state index in [-0.39, 0.29) is 6.42 Å². The average molecular weight is 170 g/mol. The van der Waals surface area contributed by atoms with Crippen LogP contribution in [-0.2, 0) is 9.47 Å². The maximum atomic E-state index is 11.4. The van der Waals surface area contributed by atoms with Gasteiger partial charge >= 0.3 is 6.16 Å².